The Kier molecular flexibility index (Phi) is 4.40. The van der Waals surface area contributed by atoms with Crippen molar-refractivity contribution < 1.29 is 9.50 Å². The monoisotopic (exact) mass is 356 g/mol. The molecule has 1 aromatic heterocycles. The van der Waals surface area contributed by atoms with E-state index in [0.29, 0.717) is 24.4 Å². The van der Waals surface area contributed by atoms with Crippen molar-refractivity contribution in [2.45, 2.75) is 49.9 Å². The lowest BCUT2D eigenvalue weighted by Gasteiger charge is -2.44. The van der Waals surface area contributed by atoms with Crippen LogP contribution in [0, 0.1) is 5.82 Å². The minimum Gasteiger partial charge on any atom is -0.385 e. The Labute approximate surface area is 153 Å². The average molecular weight is 356 g/mol. The Morgan fingerprint density at radius 2 is 1.77 bits per heavy atom. The van der Waals surface area contributed by atoms with Gasteiger partial charge in [-0.25, -0.2) is 14.4 Å². The molecule has 0 amide bonds. The van der Waals surface area contributed by atoms with Gasteiger partial charge in [0.1, 0.15) is 5.82 Å². The fourth-order valence-corrected chi connectivity index (χ4v) is 4.50. The van der Waals surface area contributed by atoms with Gasteiger partial charge in [0, 0.05) is 56.2 Å². The molecular weight excluding hydrogens is 331 g/mol. The molecule has 5 nitrogen and oxygen atoms in total. The Hall–Kier alpha value is -2.05. The van der Waals surface area contributed by atoms with Crippen molar-refractivity contribution in [1.82, 2.24) is 14.9 Å². The molecule has 0 spiro atoms. The van der Waals surface area contributed by atoms with Crippen molar-refractivity contribution in [2.24, 2.45) is 0 Å². The van der Waals surface area contributed by atoms with Crippen molar-refractivity contribution in [2.75, 3.05) is 19.0 Å². The van der Waals surface area contributed by atoms with Crippen molar-refractivity contribution >= 4 is 5.95 Å². The number of piperidine rings is 1. The van der Waals surface area contributed by atoms with E-state index in [1.165, 1.54) is 6.07 Å². The highest BCUT2D eigenvalue weighted by atomic mass is 19.1. The zero-order chi connectivity index (χ0) is 18.3. The maximum Gasteiger partial charge on any atom is 0.224 e. The van der Waals surface area contributed by atoms with Crippen LogP contribution in [0.15, 0.2) is 36.7 Å². The molecule has 1 aromatic carbocycles. The second kappa shape index (κ2) is 6.59. The number of halogens is 1. The largest absolute Gasteiger partial charge is 0.385 e. The Bertz CT molecular complexity index is 766. The molecule has 0 unspecified atom stereocenters. The van der Waals surface area contributed by atoms with Crippen LogP contribution in [0.2, 0.25) is 0 Å². The molecule has 3 heterocycles. The van der Waals surface area contributed by atoms with Crippen LogP contribution in [0.3, 0.4) is 0 Å². The summed E-state index contributed by atoms with van der Waals surface area (Å²) < 4.78 is 14.2. The van der Waals surface area contributed by atoms with E-state index in [9.17, 15) is 9.50 Å². The highest BCUT2D eigenvalue weighted by molar-refractivity contribution is 5.28. The van der Waals surface area contributed by atoms with Crippen molar-refractivity contribution in [3.63, 3.8) is 0 Å². The Morgan fingerprint density at radius 3 is 2.35 bits per heavy atom. The van der Waals surface area contributed by atoms with Gasteiger partial charge in [-0.15, -0.1) is 0 Å². The number of nitrogens with zero attached hydrogens (tertiary/aromatic N) is 4. The molecular formula is C20H25FN4O. The van der Waals surface area contributed by atoms with Crippen LogP contribution in [0.1, 0.15) is 36.8 Å². The summed E-state index contributed by atoms with van der Waals surface area (Å²) in [6.07, 6.45) is 6.97. The summed E-state index contributed by atoms with van der Waals surface area (Å²) in [4.78, 5) is 13.1. The third-order valence-electron chi connectivity index (χ3n) is 5.75. The summed E-state index contributed by atoms with van der Waals surface area (Å²) in [6, 6.07) is 7.14. The molecule has 2 bridgehead atoms. The average Bonchev–Trinajstić information content (AvgIpc) is 2.86. The summed E-state index contributed by atoms with van der Waals surface area (Å²) in [6.45, 7) is 0.774. The quantitative estimate of drug-likeness (QED) is 0.913. The number of fused-ring (bicyclic) bond motifs is 2. The highest BCUT2D eigenvalue weighted by Gasteiger charge is 2.48. The number of anilines is 1. The van der Waals surface area contributed by atoms with Crippen LogP contribution in [0.5, 0.6) is 0 Å². The van der Waals surface area contributed by atoms with Gasteiger partial charge in [-0.1, -0.05) is 18.2 Å². The molecule has 2 aromatic rings. The fourth-order valence-electron chi connectivity index (χ4n) is 4.50. The lowest BCUT2D eigenvalue weighted by atomic mass is 9.80. The van der Waals surface area contributed by atoms with Crippen LogP contribution >= 0.6 is 0 Å². The summed E-state index contributed by atoms with van der Waals surface area (Å²) in [5.41, 5.74) is 0.443. The van der Waals surface area contributed by atoms with E-state index >= 15 is 0 Å². The first-order valence-corrected chi connectivity index (χ1v) is 9.18. The summed E-state index contributed by atoms with van der Waals surface area (Å²) in [5, 5.41) is 11.2. The predicted molar refractivity (Wildman–Crippen MR) is 98.2 cm³/mol. The van der Waals surface area contributed by atoms with Gasteiger partial charge in [0.05, 0.1) is 5.60 Å². The normalized spacial score (nSPS) is 28.3. The van der Waals surface area contributed by atoms with Gasteiger partial charge in [-0.2, -0.15) is 0 Å². The van der Waals surface area contributed by atoms with E-state index in [1.54, 1.807) is 18.2 Å². The van der Waals surface area contributed by atoms with Gasteiger partial charge in [0.2, 0.25) is 5.95 Å². The molecule has 2 saturated heterocycles. The third-order valence-corrected chi connectivity index (χ3v) is 5.75. The van der Waals surface area contributed by atoms with Gasteiger partial charge in [-0.05, 0) is 31.7 Å². The predicted octanol–water partition coefficient (Wildman–Crippen LogP) is 2.70. The number of benzene rings is 1. The van der Waals surface area contributed by atoms with Crippen LogP contribution in [0.25, 0.3) is 0 Å². The van der Waals surface area contributed by atoms with Crippen molar-refractivity contribution in [1.29, 1.82) is 0 Å². The number of hydrogen-bond donors (Lipinski definition) is 1. The van der Waals surface area contributed by atoms with Gasteiger partial charge in [-0.3, -0.25) is 4.90 Å². The molecule has 2 aliphatic heterocycles. The zero-order valence-electron chi connectivity index (χ0n) is 15.3. The van der Waals surface area contributed by atoms with Gasteiger partial charge in [0.25, 0.3) is 0 Å². The Balaban J connectivity index is 1.51. The zero-order valence-corrected chi connectivity index (χ0v) is 15.3. The van der Waals surface area contributed by atoms with E-state index in [1.807, 2.05) is 31.4 Å². The summed E-state index contributed by atoms with van der Waals surface area (Å²) >= 11 is 0. The first-order chi connectivity index (χ1) is 12.5. The molecule has 0 radical (unpaired) electrons. The van der Waals surface area contributed by atoms with Crippen LogP contribution in [-0.2, 0) is 12.1 Å². The molecule has 2 atom stereocenters. The van der Waals surface area contributed by atoms with Crippen LogP contribution < -0.4 is 4.90 Å². The van der Waals surface area contributed by atoms with Gasteiger partial charge < -0.3 is 10.0 Å². The maximum atomic E-state index is 14.2. The lowest BCUT2D eigenvalue weighted by molar-refractivity contribution is -0.0616. The van der Waals surface area contributed by atoms with Crippen LogP contribution in [0.4, 0.5) is 10.3 Å². The lowest BCUT2D eigenvalue weighted by Crippen LogP contribution is -2.49. The van der Waals surface area contributed by atoms with E-state index in [4.69, 9.17) is 0 Å². The second-order valence-electron chi connectivity index (χ2n) is 7.76. The standard InChI is InChI=1S/C20H25FN4O/c1-24(2)19-22-11-14(12-23-19)13-25-15-7-8-16(25)10-20(26,9-15)17-5-3-4-6-18(17)21/h3-6,11-12,15-16,26H,7-10,13H2,1-2H3/t15-,16-/m1/s1. The highest BCUT2D eigenvalue weighted by Crippen LogP contribution is 2.46. The Morgan fingerprint density at radius 1 is 1.15 bits per heavy atom. The first kappa shape index (κ1) is 17.4. The molecule has 2 fully saturated rings. The van der Waals surface area contributed by atoms with E-state index in [2.05, 4.69) is 14.9 Å². The van der Waals surface area contributed by atoms with E-state index in [0.717, 1.165) is 24.9 Å². The van der Waals surface area contributed by atoms with Crippen molar-refractivity contribution in [3.05, 3.63) is 53.6 Å². The third kappa shape index (κ3) is 3.08. The number of hydrogen-bond acceptors (Lipinski definition) is 5. The van der Waals surface area contributed by atoms with Gasteiger partial charge >= 0.3 is 0 Å². The molecule has 1 N–H and O–H groups in total. The number of aliphatic hydroxyl groups is 1. The second-order valence-corrected chi connectivity index (χ2v) is 7.76. The van der Waals surface area contributed by atoms with Crippen LogP contribution in [-0.4, -0.2) is 46.2 Å². The maximum absolute atomic E-state index is 14.2. The molecule has 0 aliphatic carbocycles. The SMILES string of the molecule is CN(C)c1ncc(CN2[C@@H]3CC[C@@H]2CC(O)(c2ccccc2F)C3)cn1. The number of aromatic nitrogens is 2. The molecule has 138 valence electrons. The smallest absolute Gasteiger partial charge is 0.224 e. The molecule has 4 rings (SSSR count). The molecule has 2 aliphatic rings. The van der Waals surface area contributed by atoms with Gasteiger partial charge in [0.15, 0.2) is 0 Å². The molecule has 6 heteroatoms. The molecule has 26 heavy (non-hydrogen) atoms. The summed E-state index contributed by atoms with van der Waals surface area (Å²) in [7, 11) is 3.84. The number of rotatable bonds is 4. The summed E-state index contributed by atoms with van der Waals surface area (Å²) in [5.74, 6) is 0.389. The van der Waals surface area contributed by atoms with E-state index < -0.39 is 5.60 Å². The first-order valence-electron chi connectivity index (χ1n) is 9.18. The minimum absolute atomic E-state index is 0.256. The fraction of sp³-hybridized carbons (Fsp3) is 0.500. The minimum atomic E-state index is -1.07. The van der Waals surface area contributed by atoms with E-state index in [-0.39, 0.29) is 17.9 Å². The molecule has 0 saturated carbocycles. The van der Waals surface area contributed by atoms with Crippen molar-refractivity contribution in [3.8, 4) is 0 Å². The topological polar surface area (TPSA) is 52.5 Å².